The maximum absolute atomic E-state index is 12.1. The molecule has 0 aromatic carbocycles. The maximum atomic E-state index is 12.1. The molecule has 0 unspecified atom stereocenters. The van der Waals surface area contributed by atoms with Gasteiger partial charge in [-0.1, -0.05) is 11.6 Å². The van der Waals surface area contributed by atoms with E-state index in [1.165, 1.54) is 6.92 Å². The molecule has 0 fully saturated rings. The predicted octanol–water partition coefficient (Wildman–Crippen LogP) is 3.68. The van der Waals surface area contributed by atoms with E-state index >= 15 is 0 Å². The lowest BCUT2D eigenvalue weighted by Crippen LogP contribution is -2.21. The molecule has 0 atom stereocenters. The van der Waals surface area contributed by atoms with Crippen molar-refractivity contribution in [3.8, 4) is 11.1 Å². The van der Waals surface area contributed by atoms with Crippen LogP contribution in [0.3, 0.4) is 0 Å². The zero-order valence-corrected chi connectivity index (χ0v) is 17.6. The maximum Gasteiger partial charge on any atom is 0.225 e. The number of hydrogen-bond donors (Lipinski definition) is 3. The normalized spacial score (nSPS) is 10.2. The fraction of sp³-hybridized carbons (Fsp3) is 0.238. The number of amides is 2. The quantitative estimate of drug-likeness (QED) is 0.392. The number of rotatable bonds is 7. The van der Waals surface area contributed by atoms with Crippen molar-refractivity contribution in [3.63, 3.8) is 0 Å². The third-order valence-corrected chi connectivity index (χ3v) is 4.43. The van der Waals surface area contributed by atoms with Gasteiger partial charge in [0.15, 0.2) is 5.82 Å². The van der Waals surface area contributed by atoms with Gasteiger partial charge in [-0.15, -0.1) is 13.2 Å². The van der Waals surface area contributed by atoms with E-state index in [1.807, 2.05) is 22.7 Å². The molecule has 0 saturated carbocycles. The fourth-order valence-electron chi connectivity index (χ4n) is 2.71. The number of unbranched alkanes of at least 4 members (excludes halogenated alkanes) is 1. The number of fused-ring (bicyclic) bond motifs is 1. The molecule has 0 saturated heterocycles. The highest BCUT2D eigenvalue weighted by atomic mass is 35.5. The van der Waals surface area contributed by atoms with Gasteiger partial charge >= 0.3 is 0 Å². The molecule has 30 heavy (non-hydrogen) atoms. The first-order valence-electron chi connectivity index (χ1n) is 9.37. The summed E-state index contributed by atoms with van der Waals surface area (Å²) in [4.78, 5) is 31.3. The Kier molecular flexibility index (Phi) is 8.37. The highest BCUT2D eigenvalue weighted by Crippen LogP contribution is 2.25. The van der Waals surface area contributed by atoms with E-state index in [4.69, 9.17) is 17.3 Å². The molecule has 9 heteroatoms. The average Bonchev–Trinajstić information content (AvgIpc) is 3.12. The predicted molar refractivity (Wildman–Crippen MR) is 120 cm³/mol. The highest BCUT2D eigenvalue weighted by Gasteiger charge is 2.08. The second-order valence-corrected chi connectivity index (χ2v) is 6.80. The van der Waals surface area contributed by atoms with E-state index in [0.717, 1.165) is 17.5 Å². The average molecular weight is 429 g/mol. The van der Waals surface area contributed by atoms with Crippen LogP contribution in [0.5, 0.6) is 0 Å². The number of carbonyl (C=O) groups is 2. The summed E-state index contributed by atoms with van der Waals surface area (Å²) >= 11 is 6.05. The second kappa shape index (κ2) is 11.0. The third-order valence-electron chi connectivity index (χ3n) is 4.13. The van der Waals surface area contributed by atoms with Crippen molar-refractivity contribution >= 4 is 40.7 Å². The number of imidazole rings is 1. The van der Waals surface area contributed by atoms with E-state index in [-0.39, 0.29) is 17.6 Å². The van der Waals surface area contributed by atoms with Crippen LogP contribution < -0.4 is 16.4 Å². The molecule has 3 aromatic rings. The van der Waals surface area contributed by atoms with Gasteiger partial charge in [0, 0.05) is 43.4 Å². The highest BCUT2D eigenvalue weighted by molar-refractivity contribution is 6.33. The summed E-state index contributed by atoms with van der Waals surface area (Å²) in [5.74, 6) is 0.597. The van der Waals surface area contributed by atoms with E-state index in [0.29, 0.717) is 35.9 Å². The van der Waals surface area contributed by atoms with E-state index in [1.54, 1.807) is 18.5 Å². The smallest absolute Gasteiger partial charge is 0.225 e. The van der Waals surface area contributed by atoms with Gasteiger partial charge in [-0.05, 0) is 31.0 Å². The Hall–Kier alpha value is -3.39. The monoisotopic (exact) mass is 428 g/mol. The summed E-state index contributed by atoms with van der Waals surface area (Å²) in [7, 11) is 0. The van der Waals surface area contributed by atoms with Gasteiger partial charge in [0.25, 0.3) is 0 Å². The Balaban J connectivity index is 0.00000155. The standard InChI is InChI=1S/C19H21ClN6O2.C2H4/c1-12(27)22-7-3-2-4-18(28)25-16-11-26-10-13(5-6-17(26)24-16)14-8-15(20)19(21)23-9-14;1-2/h5-6,8-11H,2-4,7H2,1H3,(H2,21,23)(H,22,27)(H,25,28);1-2H2. The van der Waals surface area contributed by atoms with E-state index < -0.39 is 0 Å². The minimum atomic E-state index is -0.110. The molecule has 3 heterocycles. The van der Waals surface area contributed by atoms with Crippen molar-refractivity contribution in [2.45, 2.75) is 26.2 Å². The van der Waals surface area contributed by atoms with Gasteiger partial charge in [-0.2, -0.15) is 0 Å². The van der Waals surface area contributed by atoms with Gasteiger partial charge in [0.1, 0.15) is 11.5 Å². The molecule has 2 amide bonds. The first-order chi connectivity index (χ1) is 14.4. The summed E-state index contributed by atoms with van der Waals surface area (Å²) in [5.41, 5.74) is 8.09. The molecule has 0 bridgehead atoms. The number of nitrogen functional groups attached to an aromatic ring is 1. The molecule has 4 N–H and O–H groups in total. The Morgan fingerprint density at radius 3 is 2.67 bits per heavy atom. The van der Waals surface area contributed by atoms with Crippen LogP contribution >= 0.6 is 11.6 Å². The summed E-state index contributed by atoms with van der Waals surface area (Å²) < 4.78 is 1.83. The Morgan fingerprint density at radius 1 is 1.20 bits per heavy atom. The molecule has 0 radical (unpaired) electrons. The summed E-state index contributed by atoms with van der Waals surface area (Å²) in [6, 6.07) is 5.51. The van der Waals surface area contributed by atoms with Crippen LogP contribution in [0.25, 0.3) is 16.8 Å². The zero-order chi connectivity index (χ0) is 22.1. The van der Waals surface area contributed by atoms with Crippen LogP contribution in [0.15, 0.2) is 49.9 Å². The Bertz CT molecular complexity index is 1030. The first kappa shape index (κ1) is 22.9. The van der Waals surface area contributed by atoms with Crippen LogP contribution in [0.4, 0.5) is 11.6 Å². The van der Waals surface area contributed by atoms with Gasteiger partial charge in [0.2, 0.25) is 11.8 Å². The number of carbonyl (C=O) groups excluding carboxylic acids is 2. The van der Waals surface area contributed by atoms with Gasteiger partial charge in [0.05, 0.1) is 11.2 Å². The SMILES string of the molecule is C=C.CC(=O)NCCCCC(=O)Nc1cn2cc(-c3cnc(N)c(Cl)c3)ccc2n1. The van der Waals surface area contributed by atoms with E-state index in [9.17, 15) is 9.59 Å². The van der Waals surface area contributed by atoms with Crippen molar-refractivity contribution in [1.29, 1.82) is 0 Å². The van der Waals surface area contributed by atoms with Crippen molar-refractivity contribution in [2.24, 2.45) is 0 Å². The van der Waals surface area contributed by atoms with Crippen LogP contribution in [-0.2, 0) is 9.59 Å². The number of nitrogens with zero attached hydrogens (tertiary/aromatic N) is 3. The molecule has 3 aromatic heterocycles. The number of nitrogens with two attached hydrogens (primary N) is 1. The molecule has 0 aliphatic carbocycles. The lowest BCUT2D eigenvalue weighted by molar-refractivity contribution is -0.119. The minimum Gasteiger partial charge on any atom is -0.382 e. The molecule has 158 valence electrons. The third kappa shape index (κ3) is 6.31. The topological polar surface area (TPSA) is 114 Å². The van der Waals surface area contributed by atoms with Crippen molar-refractivity contribution in [3.05, 3.63) is 55.0 Å². The largest absolute Gasteiger partial charge is 0.382 e. The first-order valence-corrected chi connectivity index (χ1v) is 9.74. The number of pyridine rings is 2. The van der Waals surface area contributed by atoms with Gasteiger partial charge in [-0.3, -0.25) is 9.59 Å². The van der Waals surface area contributed by atoms with Crippen molar-refractivity contribution < 1.29 is 9.59 Å². The number of anilines is 2. The van der Waals surface area contributed by atoms with Crippen LogP contribution in [0.1, 0.15) is 26.2 Å². The van der Waals surface area contributed by atoms with Crippen LogP contribution in [0, 0.1) is 0 Å². The second-order valence-electron chi connectivity index (χ2n) is 6.39. The molecular weight excluding hydrogens is 404 g/mol. The van der Waals surface area contributed by atoms with Gasteiger partial charge < -0.3 is 20.8 Å². The summed E-state index contributed by atoms with van der Waals surface area (Å²) in [5, 5.41) is 5.90. The van der Waals surface area contributed by atoms with Gasteiger partial charge in [-0.25, -0.2) is 9.97 Å². The number of hydrogen-bond acceptors (Lipinski definition) is 5. The minimum absolute atomic E-state index is 0.0643. The number of aromatic nitrogens is 3. The molecule has 0 spiro atoms. The summed E-state index contributed by atoms with van der Waals surface area (Å²) in [6.07, 6.45) is 7.10. The molecule has 0 aliphatic rings. The lowest BCUT2D eigenvalue weighted by atomic mass is 10.1. The molecule has 8 nitrogen and oxygen atoms in total. The molecule has 3 rings (SSSR count). The zero-order valence-electron chi connectivity index (χ0n) is 16.8. The van der Waals surface area contributed by atoms with Crippen molar-refractivity contribution in [2.75, 3.05) is 17.6 Å². The molecule has 0 aliphatic heterocycles. The van der Waals surface area contributed by atoms with E-state index in [2.05, 4.69) is 33.8 Å². The number of halogens is 1. The summed E-state index contributed by atoms with van der Waals surface area (Å²) in [6.45, 7) is 8.05. The number of nitrogens with one attached hydrogen (secondary N) is 2. The van der Waals surface area contributed by atoms with Crippen LogP contribution in [0.2, 0.25) is 5.02 Å². The molecular formula is C21H25ClN6O2. The fourth-order valence-corrected chi connectivity index (χ4v) is 2.88. The Labute approximate surface area is 180 Å². The van der Waals surface area contributed by atoms with Crippen LogP contribution in [-0.4, -0.2) is 32.7 Å². The Morgan fingerprint density at radius 2 is 1.97 bits per heavy atom. The van der Waals surface area contributed by atoms with Crippen molar-refractivity contribution in [1.82, 2.24) is 19.7 Å². The lowest BCUT2D eigenvalue weighted by Gasteiger charge is -2.04.